The van der Waals surface area contributed by atoms with Crippen LogP contribution in [-0.2, 0) is 10.0 Å². The molecule has 2 aromatic rings. The average Bonchev–Trinajstić information content (AvgIpc) is 2.90. The third-order valence-corrected chi connectivity index (χ3v) is 6.14. The van der Waals surface area contributed by atoms with Crippen LogP contribution in [0, 0.1) is 0 Å². The van der Waals surface area contributed by atoms with Gasteiger partial charge in [0.05, 0.1) is 6.04 Å². The topological polar surface area (TPSA) is 77.0 Å². The molecule has 0 amide bonds. The van der Waals surface area contributed by atoms with Crippen molar-refractivity contribution in [3.8, 4) is 11.5 Å². The van der Waals surface area contributed by atoms with Crippen molar-refractivity contribution in [2.24, 2.45) is 4.99 Å². The normalized spacial score (nSPS) is 20.4. The van der Waals surface area contributed by atoms with Gasteiger partial charge in [0.1, 0.15) is 24.0 Å². The molecule has 6 nitrogen and oxygen atoms in total. The van der Waals surface area contributed by atoms with Crippen molar-refractivity contribution in [2.75, 3.05) is 13.2 Å². The molecule has 140 valence electrons. The second kappa shape index (κ2) is 6.74. The lowest BCUT2D eigenvalue weighted by Gasteiger charge is -2.19. The quantitative estimate of drug-likeness (QED) is 0.881. The van der Waals surface area contributed by atoms with E-state index in [1.54, 1.807) is 19.1 Å². The van der Waals surface area contributed by atoms with Gasteiger partial charge in [-0.15, -0.1) is 0 Å². The summed E-state index contributed by atoms with van der Waals surface area (Å²) in [6.07, 6.45) is 0. The van der Waals surface area contributed by atoms with Crippen molar-refractivity contribution in [1.82, 2.24) is 4.72 Å². The number of rotatable bonds is 3. The number of benzene rings is 2. The molecular weight excluding hydrogens is 364 g/mol. The highest BCUT2D eigenvalue weighted by molar-refractivity contribution is 8.00. The van der Waals surface area contributed by atoms with Gasteiger partial charge >= 0.3 is 0 Å². The molecule has 1 unspecified atom stereocenters. The van der Waals surface area contributed by atoms with Crippen molar-refractivity contribution < 1.29 is 17.9 Å². The maximum atomic E-state index is 12.6. The monoisotopic (exact) mass is 384 g/mol. The Balaban J connectivity index is 1.69. The number of hydrogen-bond donors (Lipinski definition) is 1. The molecule has 2 aromatic carbocycles. The molecule has 0 saturated heterocycles. The summed E-state index contributed by atoms with van der Waals surface area (Å²) in [6, 6.07) is 14.5. The molecule has 4 rings (SSSR count). The summed E-state index contributed by atoms with van der Waals surface area (Å²) < 4.78 is 39.0. The van der Waals surface area contributed by atoms with Gasteiger partial charge in [-0.3, -0.25) is 9.71 Å². The van der Waals surface area contributed by atoms with Crippen LogP contribution in [0.15, 0.2) is 59.1 Å². The van der Waals surface area contributed by atoms with Crippen molar-refractivity contribution >= 4 is 20.8 Å². The van der Waals surface area contributed by atoms with E-state index >= 15 is 0 Å². The summed E-state index contributed by atoms with van der Waals surface area (Å²) in [5, 5.41) is 0. The molecular formula is C20H20N2O4S. The van der Waals surface area contributed by atoms with Gasteiger partial charge in [0.15, 0.2) is 11.5 Å². The van der Waals surface area contributed by atoms with Crippen LogP contribution in [0.3, 0.4) is 0 Å². The highest BCUT2D eigenvalue weighted by atomic mass is 32.2. The summed E-state index contributed by atoms with van der Waals surface area (Å²) in [7, 11) is -3.63. The lowest BCUT2D eigenvalue weighted by molar-refractivity contribution is 0.171. The van der Waals surface area contributed by atoms with E-state index in [1.165, 1.54) is 0 Å². The second-order valence-electron chi connectivity index (χ2n) is 6.48. The molecule has 1 N–H and O–H groups in total. The molecule has 0 radical (unpaired) electrons. The third kappa shape index (κ3) is 3.30. The van der Waals surface area contributed by atoms with Crippen LogP contribution in [0.25, 0.3) is 4.91 Å². The SMILES string of the molecule is CC1=C(c2ccccc2)S(=O)(=O)NC1=NC(C)c1ccc2c(c1)OCCO2. The van der Waals surface area contributed by atoms with Crippen molar-refractivity contribution in [2.45, 2.75) is 19.9 Å². The number of fused-ring (bicyclic) bond motifs is 1. The fourth-order valence-electron chi connectivity index (χ4n) is 3.24. The van der Waals surface area contributed by atoms with Crippen LogP contribution in [0.1, 0.15) is 31.0 Å². The number of nitrogens with one attached hydrogen (secondary N) is 1. The van der Waals surface area contributed by atoms with E-state index in [0.717, 1.165) is 5.56 Å². The van der Waals surface area contributed by atoms with Crippen LogP contribution in [0.5, 0.6) is 11.5 Å². The Morgan fingerprint density at radius 1 is 1.04 bits per heavy atom. The van der Waals surface area contributed by atoms with E-state index in [9.17, 15) is 8.42 Å². The van der Waals surface area contributed by atoms with Crippen molar-refractivity contribution in [1.29, 1.82) is 0 Å². The van der Waals surface area contributed by atoms with E-state index in [4.69, 9.17) is 9.47 Å². The molecule has 0 fully saturated rings. The van der Waals surface area contributed by atoms with E-state index in [0.29, 0.717) is 41.7 Å². The minimum atomic E-state index is -3.63. The smallest absolute Gasteiger partial charge is 0.264 e. The zero-order valence-corrected chi connectivity index (χ0v) is 15.9. The lowest BCUT2D eigenvalue weighted by atomic mass is 10.1. The number of sulfonamides is 1. The number of hydrogen-bond acceptors (Lipinski definition) is 5. The Hall–Kier alpha value is -2.80. The molecule has 2 heterocycles. The summed E-state index contributed by atoms with van der Waals surface area (Å²) >= 11 is 0. The van der Waals surface area contributed by atoms with Gasteiger partial charge in [0.25, 0.3) is 10.0 Å². The summed E-state index contributed by atoms with van der Waals surface area (Å²) in [5.41, 5.74) is 2.19. The van der Waals surface area contributed by atoms with E-state index in [-0.39, 0.29) is 10.9 Å². The fourth-order valence-corrected chi connectivity index (χ4v) is 4.74. The first-order valence-corrected chi connectivity index (χ1v) is 10.2. The molecule has 7 heteroatoms. The van der Waals surface area contributed by atoms with E-state index in [2.05, 4.69) is 9.71 Å². The fraction of sp³-hybridized carbons (Fsp3) is 0.250. The molecule has 0 bridgehead atoms. The first-order valence-electron chi connectivity index (χ1n) is 8.72. The average molecular weight is 384 g/mol. The Morgan fingerprint density at radius 2 is 1.74 bits per heavy atom. The van der Waals surface area contributed by atoms with Gasteiger partial charge in [-0.2, -0.15) is 0 Å². The third-order valence-electron chi connectivity index (χ3n) is 4.60. The summed E-state index contributed by atoms with van der Waals surface area (Å²) in [4.78, 5) is 4.89. The predicted molar refractivity (Wildman–Crippen MR) is 104 cm³/mol. The molecule has 1 atom stereocenters. The summed E-state index contributed by atoms with van der Waals surface area (Å²) in [5.74, 6) is 1.78. The Labute approximate surface area is 158 Å². The minimum Gasteiger partial charge on any atom is -0.486 e. The predicted octanol–water partition coefficient (Wildman–Crippen LogP) is 3.28. The number of nitrogens with zero attached hydrogens (tertiary/aromatic N) is 1. The van der Waals surface area contributed by atoms with Crippen LogP contribution in [0.2, 0.25) is 0 Å². The van der Waals surface area contributed by atoms with Crippen LogP contribution >= 0.6 is 0 Å². The van der Waals surface area contributed by atoms with Gasteiger partial charge < -0.3 is 9.47 Å². The highest BCUT2D eigenvalue weighted by Crippen LogP contribution is 2.35. The Bertz CT molecular complexity index is 1040. The highest BCUT2D eigenvalue weighted by Gasteiger charge is 2.33. The van der Waals surface area contributed by atoms with E-state index < -0.39 is 10.0 Å². The first kappa shape index (κ1) is 17.6. The van der Waals surface area contributed by atoms with Gasteiger partial charge in [-0.1, -0.05) is 36.4 Å². The minimum absolute atomic E-state index is 0.247. The van der Waals surface area contributed by atoms with Gasteiger partial charge in [-0.05, 0) is 37.1 Å². The standard InChI is InChI=1S/C20H20N2O4S/c1-13-19(15-6-4-3-5-7-15)27(23,24)22-20(13)21-14(2)16-8-9-17-18(12-16)26-11-10-25-17/h3-9,12,14H,10-11H2,1-2H3,(H,21,22). The maximum absolute atomic E-state index is 12.6. The van der Waals surface area contributed by atoms with E-state index in [1.807, 2.05) is 43.3 Å². The maximum Gasteiger partial charge on any atom is 0.264 e. The zero-order valence-electron chi connectivity index (χ0n) is 15.1. The lowest BCUT2D eigenvalue weighted by Crippen LogP contribution is -2.24. The second-order valence-corrected chi connectivity index (χ2v) is 8.10. The molecule has 0 spiro atoms. The number of aliphatic imine (C=N–C) groups is 1. The largest absolute Gasteiger partial charge is 0.486 e. The van der Waals surface area contributed by atoms with Gasteiger partial charge in [0.2, 0.25) is 0 Å². The molecule has 2 aliphatic heterocycles. The number of amidine groups is 1. The molecule has 2 aliphatic rings. The van der Waals surface area contributed by atoms with Gasteiger partial charge in [0, 0.05) is 5.57 Å². The van der Waals surface area contributed by atoms with Gasteiger partial charge in [-0.25, -0.2) is 8.42 Å². The van der Waals surface area contributed by atoms with Crippen LogP contribution in [-0.4, -0.2) is 27.5 Å². The van der Waals surface area contributed by atoms with Crippen LogP contribution < -0.4 is 14.2 Å². The van der Waals surface area contributed by atoms with Crippen molar-refractivity contribution in [3.63, 3.8) is 0 Å². The number of ether oxygens (including phenoxy) is 2. The molecule has 0 saturated carbocycles. The first-order chi connectivity index (χ1) is 13.0. The zero-order chi connectivity index (χ0) is 19.0. The molecule has 0 aliphatic carbocycles. The van der Waals surface area contributed by atoms with Crippen molar-refractivity contribution in [3.05, 3.63) is 65.2 Å². The Kier molecular flexibility index (Phi) is 4.39. The summed E-state index contributed by atoms with van der Waals surface area (Å²) in [6.45, 7) is 4.75. The van der Waals surface area contributed by atoms with Crippen LogP contribution in [0.4, 0.5) is 0 Å². The molecule has 27 heavy (non-hydrogen) atoms. The molecule has 0 aromatic heterocycles. The Morgan fingerprint density at radius 3 is 2.48 bits per heavy atom.